The monoisotopic (exact) mass is 460 g/mol. The maximum atomic E-state index is 12.3. The molecule has 0 unspecified atom stereocenters. The number of ether oxygens (including phenoxy) is 1. The van der Waals surface area contributed by atoms with Crippen molar-refractivity contribution in [1.82, 2.24) is 20.6 Å². The van der Waals surface area contributed by atoms with E-state index < -0.39 is 24.0 Å². The van der Waals surface area contributed by atoms with Gasteiger partial charge in [0.1, 0.15) is 18.5 Å². The van der Waals surface area contributed by atoms with Crippen molar-refractivity contribution in [3.8, 4) is 11.1 Å². The van der Waals surface area contributed by atoms with Gasteiger partial charge < -0.3 is 20.5 Å². The van der Waals surface area contributed by atoms with Crippen LogP contribution in [0.15, 0.2) is 60.9 Å². The normalized spacial score (nSPS) is 12.9. The van der Waals surface area contributed by atoms with Crippen molar-refractivity contribution < 1.29 is 24.2 Å². The third kappa shape index (κ3) is 4.88. The summed E-state index contributed by atoms with van der Waals surface area (Å²) in [5.74, 6) is -1.44. The Bertz CT molecular complexity index is 1170. The summed E-state index contributed by atoms with van der Waals surface area (Å²) in [4.78, 5) is 43.6. The SMILES string of the molecule is CC[C@@H](NC(=O)c1cnc(CNC(=O)OCC2c3ccccc3-c3ccccc32)nc1)C(=O)O. The highest BCUT2D eigenvalue weighted by molar-refractivity contribution is 5.96. The largest absolute Gasteiger partial charge is 0.480 e. The average molecular weight is 460 g/mol. The molecule has 2 aromatic carbocycles. The van der Waals surface area contributed by atoms with E-state index >= 15 is 0 Å². The highest BCUT2D eigenvalue weighted by Gasteiger charge is 2.29. The van der Waals surface area contributed by atoms with Crippen LogP contribution in [0.1, 0.15) is 46.6 Å². The number of hydrogen-bond donors (Lipinski definition) is 3. The molecular formula is C25H24N4O5. The molecular weight excluding hydrogens is 436 g/mol. The molecule has 0 saturated carbocycles. The van der Waals surface area contributed by atoms with Crippen LogP contribution in [0.3, 0.4) is 0 Å². The lowest BCUT2D eigenvalue weighted by Gasteiger charge is -2.14. The fourth-order valence-electron chi connectivity index (χ4n) is 3.94. The van der Waals surface area contributed by atoms with Gasteiger partial charge in [-0.3, -0.25) is 4.79 Å². The number of hydrogen-bond acceptors (Lipinski definition) is 6. The molecule has 1 aromatic heterocycles. The van der Waals surface area contributed by atoms with Crippen molar-refractivity contribution >= 4 is 18.0 Å². The molecule has 0 bridgehead atoms. The Morgan fingerprint density at radius 3 is 2.15 bits per heavy atom. The summed E-state index contributed by atoms with van der Waals surface area (Å²) in [5.41, 5.74) is 4.69. The zero-order valence-electron chi connectivity index (χ0n) is 18.5. The van der Waals surface area contributed by atoms with Crippen LogP contribution in [0.25, 0.3) is 11.1 Å². The first-order valence-corrected chi connectivity index (χ1v) is 10.9. The molecule has 174 valence electrons. The molecule has 1 aliphatic carbocycles. The number of carboxylic acid groups (broad SMARTS) is 1. The highest BCUT2D eigenvalue weighted by Crippen LogP contribution is 2.44. The van der Waals surface area contributed by atoms with Gasteiger partial charge in [0.05, 0.1) is 12.1 Å². The summed E-state index contributed by atoms with van der Waals surface area (Å²) in [6.45, 7) is 1.88. The van der Waals surface area contributed by atoms with E-state index in [0.29, 0.717) is 0 Å². The van der Waals surface area contributed by atoms with Crippen LogP contribution in [0.5, 0.6) is 0 Å². The van der Waals surface area contributed by atoms with Gasteiger partial charge in [0.2, 0.25) is 0 Å². The lowest BCUT2D eigenvalue weighted by molar-refractivity contribution is -0.139. The van der Waals surface area contributed by atoms with Crippen molar-refractivity contribution in [2.24, 2.45) is 0 Å². The molecule has 1 atom stereocenters. The van der Waals surface area contributed by atoms with Gasteiger partial charge in [-0.15, -0.1) is 0 Å². The number of aliphatic carboxylic acids is 1. The lowest BCUT2D eigenvalue weighted by Crippen LogP contribution is -2.40. The molecule has 0 spiro atoms. The van der Waals surface area contributed by atoms with Crippen molar-refractivity contribution in [3.05, 3.63) is 83.4 Å². The van der Waals surface area contributed by atoms with Gasteiger partial charge in [-0.05, 0) is 28.7 Å². The van der Waals surface area contributed by atoms with Gasteiger partial charge in [0.25, 0.3) is 5.91 Å². The minimum Gasteiger partial charge on any atom is -0.480 e. The van der Waals surface area contributed by atoms with Crippen LogP contribution in [-0.2, 0) is 16.1 Å². The zero-order valence-corrected chi connectivity index (χ0v) is 18.5. The van der Waals surface area contributed by atoms with E-state index in [9.17, 15) is 14.4 Å². The fourth-order valence-corrected chi connectivity index (χ4v) is 3.94. The van der Waals surface area contributed by atoms with Crippen LogP contribution in [0, 0.1) is 0 Å². The van der Waals surface area contributed by atoms with E-state index in [2.05, 4.69) is 32.7 Å². The average Bonchev–Trinajstić information content (AvgIpc) is 3.18. The number of carbonyl (C=O) groups excluding carboxylic acids is 2. The number of nitrogens with zero attached hydrogens (tertiary/aromatic N) is 2. The first-order valence-electron chi connectivity index (χ1n) is 10.9. The second-order valence-electron chi connectivity index (χ2n) is 7.84. The van der Waals surface area contributed by atoms with E-state index in [1.54, 1.807) is 6.92 Å². The van der Waals surface area contributed by atoms with E-state index in [1.807, 2.05) is 36.4 Å². The summed E-state index contributed by atoms with van der Waals surface area (Å²) < 4.78 is 5.48. The summed E-state index contributed by atoms with van der Waals surface area (Å²) in [6.07, 6.45) is 2.22. The Labute approximate surface area is 196 Å². The second kappa shape index (κ2) is 10.1. The number of benzene rings is 2. The molecule has 9 nitrogen and oxygen atoms in total. The van der Waals surface area contributed by atoms with E-state index in [4.69, 9.17) is 9.84 Å². The van der Waals surface area contributed by atoms with Crippen molar-refractivity contribution in [2.75, 3.05) is 6.61 Å². The minimum absolute atomic E-state index is 0.0191. The van der Waals surface area contributed by atoms with Crippen LogP contribution in [0.4, 0.5) is 4.79 Å². The molecule has 3 aromatic rings. The molecule has 2 amide bonds. The Hall–Kier alpha value is -4.27. The molecule has 0 radical (unpaired) electrons. The van der Waals surface area contributed by atoms with Gasteiger partial charge in [0.15, 0.2) is 0 Å². The Morgan fingerprint density at radius 1 is 1.00 bits per heavy atom. The first-order chi connectivity index (χ1) is 16.5. The van der Waals surface area contributed by atoms with Gasteiger partial charge in [-0.25, -0.2) is 19.6 Å². The molecule has 3 N–H and O–H groups in total. The zero-order chi connectivity index (χ0) is 24.1. The number of amides is 2. The fraction of sp³-hybridized carbons (Fsp3) is 0.240. The summed E-state index contributed by atoms with van der Waals surface area (Å²) in [7, 11) is 0. The summed E-state index contributed by atoms with van der Waals surface area (Å²) in [5, 5.41) is 14.1. The van der Waals surface area contributed by atoms with Gasteiger partial charge in [-0.2, -0.15) is 0 Å². The van der Waals surface area contributed by atoms with Crippen molar-refractivity contribution in [2.45, 2.75) is 31.8 Å². The van der Waals surface area contributed by atoms with Crippen molar-refractivity contribution in [1.29, 1.82) is 0 Å². The molecule has 0 aliphatic heterocycles. The molecule has 9 heteroatoms. The summed E-state index contributed by atoms with van der Waals surface area (Å²) in [6, 6.07) is 15.2. The molecule has 1 heterocycles. The molecule has 0 saturated heterocycles. The lowest BCUT2D eigenvalue weighted by atomic mass is 9.98. The Balaban J connectivity index is 1.30. The number of nitrogens with one attached hydrogen (secondary N) is 2. The molecule has 34 heavy (non-hydrogen) atoms. The quantitative estimate of drug-likeness (QED) is 0.471. The predicted molar refractivity (Wildman–Crippen MR) is 123 cm³/mol. The number of fused-ring (bicyclic) bond motifs is 3. The maximum absolute atomic E-state index is 12.3. The molecule has 0 fully saturated rings. The van der Waals surface area contributed by atoms with Crippen molar-refractivity contribution in [3.63, 3.8) is 0 Å². The van der Waals surface area contributed by atoms with Crippen LogP contribution >= 0.6 is 0 Å². The van der Waals surface area contributed by atoms with Gasteiger partial charge >= 0.3 is 12.1 Å². The van der Waals surface area contributed by atoms with Crippen LogP contribution < -0.4 is 10.6 Å². The third-order valence-electron chi connectivity index (χ3n) is 5.71. The van der Waals surface area contributed by atoms with Gasteiger partial charge in [0, 0.05) is 18.3 Å². The smallest absolute Gasteiger partial charge is 0.407 e. The number of carboxylic acids is 1. The second-order valence-corrected chi connectivity index (χ2v) is 7.84. The first kappa shape index (κ1) is 22.9. The Morgan fingerprint density at radius 2 is 1.59 bits per heavy atom. The van der Waals surface area contributed by atoms with E-state index in [-0.39, 0.29) is 36.9 Å². The van der Waals surface area contributed by atoms with Crippen LogP contribution in [0.2, 0.25) is 0 Å². The Kier molecular flexibility index (Phi) is 6.82. The van der Waals surface area contributed by atoms with E-state index in [0.717, 1.165) is 22.3 Å². The van der Waals surface area contributed by atoms with E-state index in [1.165, 1.54) is 12.4 Å². The maximum Gasteiger partial charge on any atom is 0.407 e. The number of aromatic nitrogens is 2. The summed E-state index contributed by atoms with van der Waals surface area (Å²) >= 11 is 0. The molecule has 1 aliphatic rings. The van der Waals surface area contributed by atoms with Gasteiger partial charge in [-0.1, -0.05) is 55.5 Å². The number of alkyl carbamates (subject to hydrolysis) is 1. The number of rotatable bonds is 8. The number of carbonyl (C=O) groups is 3. The minimum atomic E-state index is -1.11. The van der Waals surface area contributed by atoms with Crippen LogP contribution in [-0.4, -0.2) is 45.7 Å². The molecule has 4 rings (SSSR count). The topological polar surface area (TPSA) is 131 Å². The third-order valence-corrected chi connectivity index (χ3v) is 5.71. The predicted octanol–water partition coefficient (Wildman–Crippen LogP) is 3.11. The highest BCUT2D eigenvalue weighted by atomic mass is 16.5. The standard InChI is InChI=1S/C25H24N4O5/c1-2-21(24(31)32)29-23(30)15-11-26-22(27-12-15)13-28-25(33)34-14-20-18-9-5-3-7-16(18)17-8-4-6-10-19(17)20/h3-12,20-21H,2,13-14H2,1H3,(H,28,33)(H,29,30)(H,31,32)/t21-/m1/s1.